The molecule has 2 saturated heterocycles. The highest BCUT2D eigenvalue weighted by Crippen LogP contribution is 2.37. The van der Waals surface area contributed by atoms with Gasteiger partial charge in [0.15, 0.2) is 0 Å². The van der Waals surface area contributed by atoms with Crippen LogP contribution in [0.5, 0.6) is 5.75 Å². The maximum Gasteiger partial charge on any atom is 0.433 e. The summed E-state index contributed by atoms with van der Waals surface area (Å²) in [4.78, 5) is 49.4. The minimum atomic E-state index is -4.66. The molecule has 54 heavy (non-hydrogen) atoms. The first kappa shape index (κ1) is 35.5. The topological polar surface area (TPSA) is 139 Å². The van der Waals surface area contributed by atoms with Crippen molar-refractivity contribution in [2.45, 2.75) is 63.1 Å². The van der Waals surface area contributed by atoms with Gasteiger partial charge in [-0.15, -0.1) is 0 Å². The molecule has 0 radical (unpaired) electrons. The number of benzene rings is 1. The Hall–Kier alpha value is -5.51. The van der Waals surface area contributed by atoms with Crippen LogP contribution in [0, 0.1) is 5.92 Å². The van der Waals surface area contributed by atoms with Crippen LogP contribution < -0.4 is 20.3 Å². The van der Waals surface area contributed by atoms with Crippen LogP contribution in [0.3, 0.4) is 0 Å². The highest BCUT2D eigenvalue weighted by molar-refractivity contribution is 6.06. The molecule has 3 aliphatic rings. The number of piperidine rings is 1. The molecule has 5 aromatic rings. The number of anilines is 2. The summed E-state index contributed by atoms with van der Waals surface area (Å²) in [6, 6.07) is 10.6. The number of nitrogens with zero attached hydrogens (tertiary/aromatic N) is 7. The van der Waals surface area contributed by atoms with Gasteiger partial charge in [0.25, 0.3) is 5.91 Å². The number of carbonyl (C=O) groups is 3. The van der Waals surface area contributed by atoms with E-state index in [2.05, 4.69) is 26.6 Å². The lowest BCUT2D eigenvalue weighted by atomic mass is 9.84. The van der Waals surface area contributed by atoms with Crippen molar-refractivity contribution >= 4 is 45.9 Å². The van der Waals surface area contributed by atoms with Crippen molar-refractivity contribution in [1.29, 1.82) is 0 Å². The predicted octanol–water partition coefficient (Wildman–Crippen LogP) is 6.42. The van der Waals surface area contributed by atoms with E-state index in [1.807, 2.05) is 27.5 Å². The Morgan fingerprint density at radius 1 is 1.02 bits per heavy atom. The first-order chi connectivity index (χ1) is 26.0. The molecule has 1 aliphatic carbocycles. The van der Waals surface area contributed by atoms with Gasteiger partial charge >= 0.3 is 12.2 Å². The lowest BCUT2D eigenvalue weighted by molar-refractivity contribution is -0.141. The van der Waals surface area contributed by atoms with Gasteiger partial charge in [0.05, 0.1) is 30.6 Å². The van der Waals surface area contributed by atoms with Crippen molar-refractivity contribution in [2.75, 3.05) is 43.5 Å². The van der Waals surface area contributed by atoms with Gasteiger partial charge in [-0.3, -0.25) is 28.9 Å². The summed E-state index contributed by atoms with van der Waals surface area (Å²) in [6.07, 6.45) is 7.38. The fourth-order valence-electron chi connectivity index (χ4n) is 8.14. The van der Waals surface area contributed by atoms with E-state index in [1.54, 1.807) is 23.2 Å². The van der Waals surface area contributed by atoms with Gasteiger partial charge in [-0.25, -0.2) is 14.8 Å². The normalized spacial score (nSPS) is 20.4. The Kier molecular flexibility index (Phi) is 9.46. The number of imide groups is 1. The summed E-state index contributed by atoms with van der Waals surface area (Å²) in [5, 5.41) is 10.7. The first-order valence-corrected chi connectivity index (χ1v) is 18.3. The zero-order chi connectivity index (χ0) is 37.6. The van der Waals surface area contributed by atoms with Crippen molar-refractivity contribution in [3.63, 3.8) is 0 Å². The van der Waals surface area contributed by atoms with Crippen LogP contribution in [0.4, 0.5) is 29.5 Å². The number of alkyl halides is 3. The van der Waals surface area contributed by atoms with E-state index in [0.29, 0.717) is 41.2 Å². The molecular weight excluding hydrogens is 703 g/mol. The van der Waals surface area contributed by atoms with Crippen LogP contribution >= 0.6 is 0 Å². The average molecular weight is 744 g/mol. The fourth-order valence-corrected chi connectivity index (χ4v) is 8.14. The standard InChI is InChI=1S/C38H40F3N9O4/c1-54-31-19-29-25(18-30(31)44-36(52)28-5-2-6-32(43-28)38(39,40)41)22-50(46-29)26-9-7-23(8-10-26)21-47-15-11-24(12-16-47)27-4-3-14-48-34(20-42-35(27)48)49-17-13-33(51)45-37(49)53/h2-6,14,18-20,22-24,26H,7-13,15-17,21H2,1H3,(H,44,52)(H,45,51,53). The molecule has 4 amide bonds. The van der Waals surface area contributed by atoms with Crippen LogP contribution in [0.15, 0.2) is 61.1 Å². The van der Waals surface area contributed by atoms with Crippen LogP contribution in [-0.4, -0.2) is 80.2 Å². The van der Waals surface area contributed by atoms with E-state index in [1.165, 1.54) is 18.7 Å². The van der Waals surface area contributed by atoms with Gasteiger partial charge in [0.1, 0.15) is 28.6 Å². The molecule has 0 atom stereocenters. The van der Waals surface area contributed by atoms with Crippen LogP contribution in [0.1, 0.15) is 78.7 Å². The highest BCUT2D eigenvalue weighted by atomic mass is 19.4. The number of imidazole rings is 1. The Morgan fingerprint density at radius 3 is 2.56 bits per heavy atom. The quantitative estimate of drug-likeness (QED) is 0.186. The van der Waals surface area contributed by atoms with E-state index in [0.717, 1.165) is 81.3 Å². The number of carbonyl (C=O) groups excluding carboxylic acids is 3. The van der Waals surface area contributed by atoms with Crippen LogP contribution in [-0.2, 0) is 11.0 Å². The highest BCUT2D eigenvalue weighted by Gasteiger charge is 2.33. The molecule has 2 N–H and O–H groups in total. The van der Waals surface area contributed by atoms with E-state index in [4.69, 9.17) is 14.8 Å². The molecule has 282 valence electrons. The van der Waals surface area contributed by atoms with Crippen molar-refractivity contribution < 1.29 is 32.3 Å². The molecule has 16 heteroatoms. The monoisotopic (exact) mass is 743 g/mol. The number of hydrogen-bond donors (Lipinski definition) is 2. The summed E-state index contributed by atoms with van der Waals surface area (Å²) in [5.41, 5.74) is 1.56. The van der Waals surface area contributed by atoms with E-state index < -0.39 is 23.8 Å². The molecule has 0 spiro atoms. The van der Waals surface area contributed by atoms with Crippen molar-refractivity contribution in [3.05, 3.63) is 78.0 Å². The molecule has 6 heterocycles. The first-order valence-electron chi connectivity index (χ1n) is 18.3. The van der Waals surface area contributed by atoms with Gasteiger partial charge in [-0.2, -0.15) is 18.3 Å². The van der Waals surface area contributed by atoms with Crippen molar-refractivity contribution in [2.24, 2.45) is 5.92 Å². The molecule has 8 rings (SSSR count). The fraction of sp³-hybridized carbons (Fsp3) is 0.421. The third kappa shape index (κ3) is 7.09. The van der Waals surface area contributed by atoms with Crippen molar-refractivity contribution in [3.8, 4) is 5.75 Å². The molecule has 3 fully saturated rings. The van der Waals surface area contributed by atoms with Gasteiger partial charge in [-0.05, 0) is 93.3 Å². The predicted molar refractivity (Wildman–Crippen MR) is 194 cm³/mol. The van der Waals surface area contributed by atoms with Crippen LogP contribution in [0.25, 0.3) is 16.6 Å². The number of likely N-dealkylation sites (tertiary alicyclic amines) is 1. The number of fused-ring (bicyclic) bond motifs is 2. The lowest BCUT2D eigenvalue weighted by Crippen LogP contribution is -2.50. The second kappa shape index (κ2) is 14.4. The van der Waals surface area contributed by atoms with Gasteiger partial charge < -0.3 is 15.0 Å². The summed E-state index contributed by atoms with van der Waals surface area (Å²) in [6.45, 7) is 3.40. The van der Waals surface area contributed by atoms with Crippen molar-refractivity contribution in [1.82, 2.24) is 34.4 Å². The molecule has 2 aliphatic heterocycles. The summed E-state index contributed by atoms with van der Waals surface area (Å²) in [5.74, 6) is 0.929. The molecule has 1 saturated carbocycles. The third-order valence-electron chi connectivity index (χ3n) is 11.0. The molecule has 4 aromatic heterocycles. The maximum atomic E-state index is 13.2. The molecule has 1 aromatic carbocycles. The van der Waals surface area contributed by atoms with E-state index in [9.17, 15) is 27.6 Å². The molecular formula is C38H40F3N9O4. The molecule has 13 nitrogen and oxygen atoms in total. The van der Waals surface area contributed by atoms with Crippen LogP contribution in [0.2, 0.25) is 0 Å². The van der Waals surface area contributed by atoms with Gasteiger partial charge in [-0.1, -0.05) is 12.1 Å². The number of aromatic nitrogens is 5. The minimum absolute atomic E-state index is 0.231. The second-order valence-electron chi connectivity index (χ2n) is 14.4. The number of methoxy groups -OCH3 is 1. The zero-order valence-corrected chi connectivity index (χ0v) is 29.7. The van der Waals surface area contributed by atoms with Gasteiger partial charge in [0.2, 0.25) is 5.91 Å². The number of urea groups is 1. The Morgan fingerprint density at radius 2 is 1.81 bits per heavy atom. The summed E-state index contributed by atoms with van der Waals surface area (Å²) >= 11 is 0. The summed E-state index contributed by atoms with van der Waals surface area (Å²) < 4.78 is 48.9. The van der Waals surface area contributed by atoms with E-state index >= 15 is 0 Å². The summed E-state index contributed by atoms with van der Waals surface area (Å²) in [7, 11) is 1.46. The number of rotatable bonds is 8. The zero-order valence-electron chi connectivity index (χ0n) is 29.7. The third-order valence-corrected chi connectivity index (χ3v) is 11.0. The number of hydrogen-bond acceptors (Lipinski definition) is 8. The number of nitrogens with one attached hydrogen (secondary N) is 2. The maximum absolute atomic E-state index is 13.2. The Bertz CT molecular complexity index is 2220. The lowest BCUT2D eigenvalue weighted by Gasteiger charge is -2.36. The largest absolute Gasteiger partial charge is 0.494 e. The molecule has 0 unspecified atom stereocenters. The Balaban J connectivity index is 0.859. The Labute approximate surface area is 308 Å². The number of pyridine rings is 2. The molecule has 0 bridgehead atoms. The second-order valence-corrected chi connectivity index (χ2v) is 14.4. The van der Waals surface area contributed by atoms with E-state index in [-0.39, 0.29) is 24.1 Å². The van der Waals surface area contributed by atoms with Gasteiger partial charge in [0, 0.05) is 43.4 Å². The number of amides is 4. The SMILES string of the molecule is COc1cc2nn(C3CCC(CN4CCC(c5cccn6c(N7CCC(=O)NC7=O)cnc56)CC4)CC3)cc2cc1NC(=O)c1cccc(C(F)(F)F)n1. The minimum Gasteiger partial charge on any atom is -0.494 e. The average Bonchev–Trinajstić information content (AvgIpc) is 3.79. The number of ether oxygens (including phenoxy) is 1. The number of halogens is 3. The smallest absolute Gasteiger partial charge is 0.433 e.